The van der Waals surface area contributed by atoms with E-state index < -0.39 is 5.54 Å². The van der Waals surface area contributed by atoms with Crippen LogP contribution in [-0.4, -0.2) is 102 Å². The first-order valence-electron chi connectivity index (χ1n) is 19.9. The quantitative estimate of drug-likeness (QED) is 0.112. The zero-order chi connectivity index (χ0) is 42.4. The molecule has 14 heteroatoms. The SMILES string of the molecule is BrBr.C1CNCCN1.CCC(C(=O)Cl)c1ccccc1.CCC(C(=O)c1ccc(N2CCNCC2)cc1)(c1ccccc1)N1CCNCC1.C[O-].Fc1ccccc1.[Na+]. The van der Waals surface area contributed by atoms with Gasteiger partial charge in [0.25, 0.3) is 0 Å². The molecule has 7 rings (SSSR count). The van der Waals surface area contributed by atoms with Crippen LogP contribution in [0, 0.1) is 5.82 Å². The normalized spacial score (nSPS) is 16.2. The second kappa shape index (κ2) is 33.6. The molecule has 4 aromatic carbocycles. The molecular weight excluding hydrogens is 910 g/mol. The second-order valence-electron chi connectivity index (χ2n) is 13.4. The van der Waals surface area contributed by atoms with Gasteiger partial charge in [0, 0.05) is 118 Å². The molecule has 0 aliphatic carbocycles. The third kappa shape index (κ3) is 18.9. The molecule has 3 heterocycles. The minimum absolute atomic E-state index is 0. The maximum absolute atomic E-state index is 14.0. The Labute approximate surface area is 394 Å². The second-order valence-corrected chi connectivity index (χ2v) is 13.8. The molecule has 0 bridgehead atoms. The molecule has 3 aliphatic rings. The Kier molecular flexibility index (Phi) is 31.3. The summed E-state index contributed by atoms with van der Waals surface area (Å²) in [6, 6.07) is 36.1. The standard InChI is InChI=1S/C24H32N4O.C10H11ClO.C6H5F.C4H10N2.CH3O.Br2.Na/c1-2-24(21-6-4-3-5-7-21,28-18-14-26-15-19-28)23(29)20-8-10-22(11-9-20)27-16-12-25-13-17-27;1-2-9(10(11)12)8-6-4-3-5-7-8;7-6-4-2-1-3-5-6;1-2-6-4-3-5-1;2*1-2;/h3-11,25-26H,2,12-19H2,1H3;3-7,9H,2H2,1H3;1-5H;5-6H,1-4H2;1H3;;/q;;;;-1;;+1. The van der Waals surface area contributed by atoms with Gasteiger partial charge in [0.1, 0.15) is 11.4 Å². The van der Waals surface area contributed by atoms with E-state index in [2.05, 4.69) is 90.5 Å². The monoisotopic (exact) mass is 968 g/mol. The number of piperazine rings is 3. The van der Waals surface area contributed by atoms with Gasteiger partial charge < -0.3 is 31.3 Å². The van der Waals surface area contributed by atoms with Crippen LogP contribution < -0.4 is 60.8 Å². The molecule has 318 valence electrons. The van der Waals surface area contributed by atoms with Gasteiger partial charge in [-0.2, -0.15) is 7.11 Å². The number of rotatable bonds is 9. The number of halogens is 4. The fourth-order valence-corrected chi connectivity index (χ4v) is 7.30. The molecule has 0 aromatic heterocycles. The van der Waals surface area contributed by atoms with Gasteiger partial charge in [-0.15, -0.1) is 0 Å². The Morgan fingerprint density at radius 2 is 1.10 bits per heavy atom. The number of carbonyl (C=O) groups excluding carboxylic acids is 2. The topological polar surface area (TPSA) is 112 Å². The molecule has 3 aliphatic heterocycles. The summed E-state index contributed by atoms with van der Waals surface area (Å²) >= 11 is 10.9. The summed E-state index contributed by atoms with van der Waals surface area (Å²) in [5.74, 6) is -0.115. The first kappa shape index (κ1) is 55.0. The van der Waals surface area contributed by atoms with Crippen molar-refractivity contribution < 1.29 is 48.6 Å². The van der Waals surface area contributed by atoms with Gasteiger partial charge in [-0.25, -0.2) is 4.39 Å². The molecule has 2 unspecified atom stereocenters. The fraction of sp³-hybridized carbons (Fsp3) is 0.422. The van der Waals surface area contributed by atoms with Crippen LogP contribution in [0.4, 0.5) is 10.1 Å². The Bertz CT molecular complexity index is 1630. The third-order valence-electron chi connectivity index (χ3n) is 9.98. The van der Waals surface area contributed by atoms with E-state index in [4.69, 9.17) is 16.7 Å². The minimum Gasteiger partial charge on any atom is -0.857 e. The largest absolute Gasteiger partial charge is 1.00 e. The van der Waals surface area contributed by atoms with Crippen LogP contribution in [0.5, 0.6) is 0 Å². The van der Waals surface area contributed by atoms with Crippen molar-refractivity contribution in [3.8, 4) is 0 Å². The number of nitrogens with one attached hydrogen (secondary N) is 4. The number of nitrogens with zero attached hydrogens (tertiary/aromatic N) is 2. The Hall–Kier alpha value is -2.04. The van der Waals surface area contributed by atoms with Crippen LogP contribution in [0.3, 0.4) is 0 Å². The average Bonchev–Trinajstić information content (AvgIpc) is 3.31. The van der Waals surface area contributed by atoms with E-state index in [-0.39, 0.29) is 52.3 Å². The number of ketones is 1. The van der Waals surface area contributed by atoms with Crippen molar-refractivity contribution in [3.63, 3.8) is 0 Å². The van der Waals surface area contributed by atoms with Crippen molar-refractivity contribution in [2.24, 2.45) is 0 Å². The van der Waals surface area contributed by atoms with Gasteiger partial charge in [0.15, 0.2) is 5.78 Å². The summed E-state index contributed by atoms with van der Waals surface area (Å²) in [5, 5.41) is 21.2. The first-order chi connectivity index (χ1) is 28.4. The van der Waals surface area contributed by atoms with E-state index in [9.17, 15) is 14.0 Å². The van der Waals surface area contributed by atoms with Gasteiger partial charge in [0.05, 0.1) is 5.92 Å². The molecule has 0 spiro atoms. The molecule has 9 nitrogen and oxygen atoms in total. The molecule has 3 fully saturated rings. The molecule has 4 N–H and O–H groups in total. The molecule has 3 saturated heterocycles. The molecular formula is C45H61Br2ClFN6NaO3. The Morgan fingerprint density at radius 3 is 1.49 bits per heavy atom. The molecule has 0 saturated carbocycles. The number of Topliss-reactive ketones (excluding diaryl/α,β-unsaturated/α-hetero) is 1. The van der Waals surface area contributed by atoms with E-state index >= 15 is 0 Å². The van der Waals surface area contributed by atoms with Gasteiger partial charge >= 0.3 is 29.6 Å². The third-order valence-corrected chi connectivity index (χ3v) is 10.2. The van der Waals surface area contributed by atoms with Gasteiger partial charge in [-0.3, -0.25) is 14.5 Å². The van der Waals surface area contributed by atoms with Crippen LogP contribution in [-0.2, 0) is 10.3 Å². The molecule has 4 aromatic rings. The summed E-state index contributed by atoms with van der Waals surface area (Å²) in [6.45, 7) is 16.3. The van der Waals surface area contributed by atoms with Crippen LogP contribution in [0.25, 0.3) is 0 Å². The first-order valence-corrected chi connectivity index (χ1v) is 24.0. The van der Waals surface area contributed by atoms with E-state index in [1.165, 1.54) is 17.8 Å². The van der Waals surface area contributed by atoms with Crippen molar-refractivity contribution in [2.75, 3.05) is 90.5 Å². The summed E-state index contributed by atoms with van der Waals surface area (Å²) < 4.78 is 11.9. The van der Waals surface area contributed by atoms with Crippen LogP contribution in [0.15, 0.2) is 115 Å². The van der Waals surface area contributed by atoms with Gasteiger partial charge in [-0.1, -0.05) is 92.7 Å². The van der Waals surface area contributed by atoms with Crippen molar-refractivity contribution in [1.82, 2.24) is 26.2 Å². The molecule has 0 radical (unpaired) electrons. The number of carbonyl (C=O) groups is 2. The van der Waals surface area contributed by atoms with Crippen molar-refractivity contribution >= 4 is 56.6 Å². The maximum Gasteiger partial charge on any atom is 1.00 e. The fourth-order valence-electron chi connectivity index (χ4n) is 7.02. The van der Waals surface area contributed by atoms with Crippen LogP contribution >= 0.6 is 39.9 Å². The zero-order valence-corrected chi connectivity index (χ0v) is 41.0. The summed E-state index contributed by atoms with van der Waals surface area (Å²) in [7, 11) is 0.750. The maximum atomic E-state index is 14.0. The predicted molar refractivity (Wildman–Crippen MR) is 245 cm³/mol. The van der Waals surface area contributed by atoms with E-state index in [0.29, 0.717) is 0 Å². The average molecular weight is 971 g/mol. The van der Waals surface area contributed by atoms with Crippen molar-refractivity contribution in [2.45, 2.75) is 38.1 Å². The van der Waals surface area contributed by atoms with Gasteiger partial charge in [-0.05, 0) is 72.0 Å². The smallest absolute Gasteiger partial charge is 0.857 e. The predicted octanol–water partition coefficient (Wildman–Crippen LogP) is 4.11. The van der Waals surface area contributed by atoms with Gasteiger partial charge in [0.2, 0.25) is 5.24 Å². The van der Waals surface area contributed by atoms with Crippen molar-refractivity contribution in [1.29, 1.82) is 0 Å². The Balaban J connectivity index is 0.000000473. The number of hydrogen-bond donors (Lipinski definition) is 4. The van der Waals surface area contributed by atoms with Crippen molar-refractivity contribution in [3.05, 3.63) is 138 Å². The summed E-state index contributed by atoms with van der Waals surface area (Å²) in [6.07, 6.45) is 1.52. The number of anilines is 1. The zero-order valence-electron chi connectivity index (χ0n) is 35.1. The van der Waals surface area contributed by atoms with E-state index in [0.717, 1.165) is 115 Å². The summed E-state index contributed by atoms with van der Waals surface area (Å²) in [4.78, 5) is 29.7. The van der Waals surface area contributed by atoms with Crippen LogP contribution in [0.1, 0.15) is 54.1 Å². The van der Waals surface area contributed by atoms with E-state index in [1.54, 1.807) is 18.2 Å². The van der Waals surface area contributed by atoms with E-state index in [1.807, 2.05) is 67.6 Å². The van der Waals surface area contributed by atoms with Crippen LogP contribution in [0.2, 0.25) is 0 Å². The molecule has 59 heavy (non-hydrogen) atoms. The molecule has 0 amide bonds. The minimum atomic E-state index is -0.611. The number of benzene rings is 4. The summed E-state index contributed by atoms with van der Waals surface area (Å²) in [5.41, 5.74) is 3.49. The number of hydrogen-bond acceptors (Lipinski definition) is 9. The molecule has 2 atom stereocenters. The Morgan fingerprint density at radius 1 is 0.678 bits per heavy atom.